The molecule has 3 aromatic rings. The summed E-state index contributed by atoms with van der Waals surface area (Å²) in [7, 11) is 0. The first kappa shape index (κ1) is 20.0. The minimum Gasteiger partial charge on any atom is -0.494 e. The third kappa shape index (κ3) is 4.46. The molecule has 1 nitrogen and oxygen atoms in total. The fraction of sp³-hybridized carbons (Fsp3) is 0.520. The van der Waals surface area contributed by atoms with Crippen LogP contribution in [-0.2, 0) is 0 Å². The molecule has 1 fully saturated rings. The van der Waals surface area contributed by atoms with Crippen LogP contribution < -0.4 is 4.74 Å². The van der Waals surface area contributed by atoms with E-state index >= 15 is 0 Å². The molecule has 0 spiro atoms. The molecule has 1 aliphatic carbocycles. The molecule has 1 aliphatic rings. The quantitative estimate of drug-likeness (QED) is 0.352. The highest BCUT2D eigenvalue weighted by atomic mass is 32.1. The minimum absolute atomic E-state index is 0.708. The first-order chi connectivity index (χ1) is 13.6. The van der Waals surface area contributed by atoms with E-state index in [-0.39, 0.29) is 0 Å². The summed E-state index contributed by atoms with van der Waals surface area (Å²) in [6.07, 6.45) is 7.93. The van der Waals surface area contributed by atoms with Crippen LogP contribution in [0, 0.1) is 11.8 Å². The SMILES string of the molecule is CCCCOc1ccc(-c2cc3sc(C(C)C4CCC(C)CC4)cc3s2)cc1. The van der Waals surface area contributed by atoms with E-state index in [1.54, 1.807) is 4.88 Å². The van der Waals surface area contributed by atoms with Gasteiger partial charge >= 0.3 is 0 Å². The lowest BCUT2D eigenvalue weighted by molar-refractivity contribution is 0.263. The number of thiophene rings is 2. The van der Waals surface area contributed by atoms with Gasteiger partial charge in [0, 0.05) is 19.2 Å². The summed E-state index contributed by atoms with van der Waals surface area (Å²) in [5.74, 6) is 3.50. The van der Waals surface area contributed by atoms with E-state index in [9.17, 15) is 0 Å². The lowest BCUT2D eigenvalue weighted by Gasteiger charge is -2.30. The second-order valence-electron chi connectivity index (χ2n) is 8.52. The molecule has 1 unspecified atom stereocenters. The summed E-state index contributed by atoms with van der Waals surface area (Å²) in [5, 5.41) is 0. The third-order valence-electron chi connectivity index (χ3n) is 6.35. The zero-order valence-electron chi connectivity index (χ0n) is 17.4. The fourth-order valence-electron chi connectivity index (χ4n) is 4.29. The van der Waals surface area contributed by atoms with Crippen molar-refractivity contribution in [2.45, 2.75) is 65.2 Å². The first-order valence-electron chi connectivity index (χ1n) is 10.9. The van der Waals surface area contributed by atoms with Crippen molar-refractivity contribution in [2.24, 2.45) is 11.8 Å². The zero-order valence-corrected chi connectivity index (χ0v) is 19.0. The monoisotopic (exact) mass is 412 g/mol. The van der Waals surface area contributed by atoms with Crippen LogP contribution in [0.5, 0.6) is 5.75 Å². The minimum atomic E-state index is 0.708. The van der Waals surface area contributed by atoms with E-state index in [0.717, 1.165) is 30.6 Å². The summed E-state index contributed by atoms with van der Waals surface area (Å²) in [5.41, 5.74) is 1.30. The summed E-state index contributed by atoms with van der Waals surface area (Å²) >= 11 is 3.95. The number of hydrogen-bond acceptors (Lipinski definition) is 3. The molecular formula is C25H32OS2. The molecule has 28 heavy (non-hydrogen) atoms. The van der Waals surface area contributed by atoms with Gasteiger partial charge in [0.2, 0.25) is 0 Å². The van der Waals surface area contributed by atoms with Gasteiger partial charge < -0.3 is 4.74 Å². The Labute approximate surface area is 177 Å². The van der Waals surface area contributed by atoms with Gasteiger partial charge in [0.05, 0.1) is 6.61 Å². The van der Waals surface area contributed by atoms with Crippen molar-refractivity contribution in [3.8, 4) is 16.2 Å². The Morgan fingerprint density at radius 1 is 1.00 bits per heavy atom. The highest BCUT2D eigenvalue weighted by Gasteiger charge is 2.25. The first-order valence-corrected chi connectivity index (χ1v) is 12.5. The number of hydrogen-bond donors (Lipinski definition) is 0. The van der Waals surface area contributed by atoms with E-state index in [2.05, 4.69) is 57.2 Å². The van der Waals surface area contributed by atoms with Crippen LogP contribution in [0.15, 0.2) is 36.4 Å². The van der Waals surface area contributed by atoms with Gasteiger partial charge in [-0.05, 0) is 79.0 Å². The Bertz CT molecular complexity index is 850. The van der Waals surface area contributed by atoms with Crippen molar-refractivity contribution in [1.29, 1.82) is 0 Å². The lowest BCUT2D eigenvalue weighted by Crippen LogP contribution is -2.17. The van der Waals surface area contributed by atoms with E-state index in [4.69, 9.17) is 4.74 Å². The Morgan fingerprint density at radius 3 is 2.39 bits per heavy atom. The Morgan fingerprint density at radius 2 is 1.71 bits per heavy atom. The van der Waals surface area contributed by atoms with Gasteiger partial charge in [0.1, 0.15) is 5.75 Å². The van der Waals surface area contributed by atoms with Crippen molar-refractivity contribution in [1.82, 2.24) is 0 Å². The van der Waals surface area contributed by atoms with E-state index in [0.29, 0.717) is 5.92 Å². The molecule has 0 saturated heterocycles. The van der Waals surface area contributed by atoms with Crippen LogP contribution in [0.25, 0.3) is 19.8 Å². The summed E-state index contributed by atoms with van der Waals surface area (Å²) < 4.78 is 8.70. The Balaban J connectivity index is 1.45. The lowest BCUT2D eigenvalue weighted by atomic mass is 9.76. The normalized spacial score (nSPS) is 21.1. The predicted molar refractivity (Wildman–Crippen MR) is 125 cm³/mol. The van der Waals surface area contributed by atoms with Crippen LogP contribution in [0.4, 0.5) is 0 Å². The van der Waals surface area contributed by atoms with E-state index in [1.165, 1.54) is 51.9 Å². The number of benzene rings is 1. The van der Waals surface area contributed by atoms with Gasteiger partial charge in [-0.2, -0.15) is 0 Å². The molecule has 1 atom stereocenters. The van der Waals surface area contributed by atoms with Crippen molar-refractivity contribution < 1.29 is 4.74 Å². The number of unbranched alkanes of at least 4 members (excludes halogenated alkanes) is 1. The molecule has 3 heteroatoms. The highest BCUT2D eigenvalue weighted by molar-refractivity contribution is 7.29. The van der Waals surface area contributed by atoms with Crippen molar-refractivity contribution in [3.05, 3.63) is 41.3 Å². The van der Waals surface area contributed by atoms with Crippen LogP contribution in [0.3, 0.4) is 0 Å². The zero-order chi connectivity index (χ0) is 19.5. The second kappa shape index (κ2) is 9.00. The predicted octanol–water partition coefficient (Wildman–Crippen LogP) is 8.74. The van der Waals surface area contributed by atoms with Gasteiger partial charge in [-0.1, -0.05) is 40.0 Å². The fourth-order valence-corrected chi connectivity index (χ4v) is 6.85. The standard InChI is InChI=1S/C25H32OS2/c1-4-5-14-26-21-12-10-20(11-13-21)23-16-25-24(28-23)15-22(27-25)18(3)19-8-6-17(2)7-9-19/h10-13,15-19H,4-9,14H2,1-3H3. The molecule has 0 N–H and O–H groups in total. The maximum absolute atomic E-state index is 5.79. The van der Waals surface area contributed by atoms with Crippen LogP contribution in [0.1, 0.15) is 70.1 Å². The Hall–Kier alpha value is -1.32. The van der Waals surface area contributed by atoms with Crippen molar-refractivity contribution >= 4 is 32.1 Å². The second-order valence-corrected chi connectivity index (χ2v) is 10.7. The third-order valence-corrected chi connectivity index (χ3v) is 8.89. The molecule has 0 amide bonds. The molecule has 0 bridgehead atoms. The number of ether oxygens (including phenoxy) is 1. The van der Waals surface area contributed by atoms with Gasteiger partial charge in [0.25, 0.3) is 0 Å². The van der Waals surface area contributed by atoms with E-state index < -0.39 is 0 Å². The topological polar surface area (TPSA) is 9.23 Å². The highest BCUT2D eigenvalue weighted by Crippen LogP contribution is 2.44. The van der Waals surface area contributed by atoms with Gasteiger partial charge in [-0.25, -0.2) is 0 Å². The summed E-state index contributed by atoms with van der Waals surface area (Å²) in [6, 6.07) is 13.5. The largest absolute Gasteiger partial charge is 0.494 e. The van der Waals surface area contributed by atoms with Crippen molar-refractivity contribution in [3.63, 3.8) is 0 Å². The van der Waals surface area contributed by atoms with Crippen LogP contribution in [-0.4, -0.2) is 6.61 Å². The number of rotatable bonds is 7. The molecule has 0 aliphatic heterocycles. The molecule has 2 aromatic heterocycles. The average molecular weight is 413 g/mol. The van der Waals surface area contributed by atoms with E-state index in [1.807, 2.05) is 22.7 Å². The Kier molecular flexibility index (Phi) is 6.42. The van der Waals surface area contributed by atoms with Gasteiger partial charge in [0.15, 0.2) is 0 Å². The van der Waals surface area contributed by atoms with Crippen molar-refractivity contribution in [2.75, 3.05) is 6.61 Å². The summed E-state index contributed by atoms with van der Waals surface area (Å²) in [4.78, 5) is 2.96. The molecule has 1 saturated carbocycles. The van der Waals surface area contributed by atoms with Crippen LogP contribution in [0.2, 0.25) is 0 Å². The smallest absolute Gasteiger partial charge is 0.119 e. The van der Waals surface area contributed by atoms with Crippen LogP contribution >= 0.6 is 22.7 Å². The van der Waals surface area contributed by atoms with Gasteiger partial charge in [-0.3, -0.25) is 0 Å². The average Bonchev–Trinajstić information content (AvgIpc) is 3.28. The molecule has 0 radical (unpaired) electrons. The maximum atomic E-state index is 5.79. The molecule has 150 valence electrons. The maximum Gasteiger partial charge on any atom is 0.119 e. The molecule has 2 heterocycles. The molecule has 4 rings (SSSR count). The summed E-state index contributed by atoms with van der Waals surface area (Å²) in [6.45, 7) is 7.86. The molecular weight excluding hydrogens is 380 g/mol. The number of fused-ring (bicyclic) bond motifs is 1. The molecule has 1 aromatic carbocycles. The van der Waals surface area contributed by atoms with Gasteiger partial charge in [-0.15, -0.1) is 22.7 Å².